The molecule has 35 heavy (non-hydrogen) atoms. The van der Waals surface area contributed by atoms with Gasteiger partial charge in [0.15, 0.2) is 0 Å². The van der Waals surface area contributed by atoms with Crippen LogP contribution >= 0.6 is 0 Å². The number of carbonyl (C=O) groups is 2. The highest BCUT2D eigenvalue weighted by Crippen LogP contribution is 2.02. The van der Waals surface area contributed by atoms with Crippen molar-refractivity contribution >= 4 is 11.9 Å². The van der Waals surface area contributed by atoms with Gasteiger partial charge < -0.3 is 25.2 Å². The molecule has 10 heteroatoms. The minimum Gasteiger partial charge on any atom is -0.508 e. The van der Waals surface area contributed by atoms with Gasteiger partial charge in [-0.1, -0.05) is 59.7 Å². The number of H-pyrrole nitrogens is 1. The average Bonchev–Trinajstić information content (AvgIpc) is 3.36. The first-order valence-corrected chi connectivity index (χ1v) is 11.9. The van der Waals surface area contributed by atoms with Crippen molar-refractivity contribution in [2.24, 2.45) is 0 Å². The third kappa shape index (κ3) is 38.6. The fraction of sp³-hybridized carbons (Fsp3) is 0.600. The molecule has 0 saturated carbocycles. The summed E-state index contributed by atoms with van der Waals surface area (Å²) in [6.45, 7) is 18.9. The Labute approximate surface area is 211 Å². The van der Waals surface area contributed by atoms with Crippen molar-refractivity contribution in [2.45, 2.75) is 73.9 Å². The molecule has 0 aliphatic carbocycles. The van der Waals surface area contributed by atoms with E-state index in [0.717, 1.165) is 13.1 Å². The van der Waals surface area contributed by atoms with E-state index in [9.17, 15) is 9.59 Å². The molecular formula is C25H47N5O5. The molecule has 2 rings (SSSR count). The summed E-state index contributed by atoms with van der Waals surface area (Å²) in [5.74, 6) is -0.751. The van der Waals surface area contributed by atoms with Crippen LogP contribution in [0, 0.1) is 0 Å². The van der Waals surface area contributed by atoms with Crippen molar-refractivity contribution in [2.75, 3.05) is 26.3 Å². The van der Waals surface area contributed by atoms with Gasteiger partial charge >= 0.3 is 11.9 Å². The molecule has 0 bridgehead atoms. The fourth-order valence-corrected chi connectivity index (χ4v) is 2.05. The number of benzene rings is 1. The lowest BCUT2D eigenvalue weighted by atomic mass is 10.3. The lowest BCUT2D eigenvalue weighted by molar-refractivity contribution is -0.153. The quantitative estimate of drug-likeness (QED) is 0.317. The van der Waals surface area contributed by atoms with E-state index in [0.29, 0.717) is 17.8 Å². The number of aromatic amines is 1. The van der Waals surface area contributed by atoms with Gasteiger partial charge in [0.2, 0.25) is 0 Å². The molecule has 1 aromatic carbocycles. The normalized spacial score (nSPS) is 9.09. The lowest BCUT2D eigenvalue weighted by Crippen LogP contribution is -2.29. The summed E-state index contributed by atoms with van der Waals surface area (Å²) in [6, 6.07) is 9.96. The summed E-state index contributed by atoms with van der Waals surface area (Å²) in [5, 5.41) is 21.0. The van der Waals surface area contributed by atoms with E-state index in [4.69, 9.17) is 5.11 Å². The smallest absolute Gasteiger partial charge is 0.317 e. The molecule has 0 aliphatic rings. The molecule has 0 atom stereocenters. The molecule has 1 heterocycles. The minimum atomic E-state index is -0.536. The number of phenols is 1. The van der Waals surface area contributed by atoms with Crippen molar-refractivity contribution in [3.63, 3.8) is 0 Å². The van der Waals surface area contributed by atoms with Gasteiger partial charge in [0.1, 0.15) is 24.8 Å². The van der Waals surface area contributed by atoms with Crippen molar-refractivity contribution in [3.8, 4) is 5.75 Å². The molecule has 0 unspecified atom stereocenters. The van der Waals surface area contributed by atoms with E-state index < -0.39 is 11.9 Å². The predicted octanol–water partition coefficient (Wildman–Crippen LogP) is 3.71. The molecular weight excluding hydrogens is 450 g/mol. The Morgan fingerprint density at radius 3 is 1.57 bits per heavy atom. The van der Waals surface area contributed by atoms with Crippen molar-refractivity contribution in [3.05, 3.63) is 43.0 Å². The molecule has 0 saturated heterocycles. The fourth-order valence-electron chi connectivity index (χ4n) is 2.05. The lowest BCUT2D eigenvalue weighted by Gasteiger charge is -2.10. The molecule has 0 fully saturated rings. The SMILES string of the molecule is CC(C)NC(C)C.CCNCC.CCOC(=O)CC(=O)OCC.Oc1ccccc1.c1nc[nH]n1. The van der Waals surface area contributed by atoms with Gasteiger partial charge in [-0.2, -0.15) is 5.10 Å². The van der Waals surface area contributed by atoms with Crippen LogP contribution in [0.1, 0.15) is 61.8 Å². The summed E-state index contributed by atoms with van der Waals surface area (Å²) >= 11 is 0. The Morgan fingerprint density at radius 1 is 0.914 bits per heavy atom. The Hall–Kier alpha value is -2.98. The number of hydrogen-bond acceptors (Lipinski definition) is 9. The van der Waals surface area contributed by atoms with Crippen LogP contribution in [-0.4, -0.2) is 70.6 Å². The number of carbonyl (C=O) groups excluding carboxylic acids is 2. The van der Waals surface area contributed by atoms with Crippen LogP contribution in [0.25, 0.3) is 0 Å². The summed E-state index contributed by atoms with van der Waals surface area (Å²) < 4.78 is 9.04. The molecule has 10 nitrogen and oxygen atoms in total. The largest absolute Gasteiger partial charge is 0.508 e. The monoisotopic (exact) mass is 497 g/mol. The maximum Gasteiger partial charge on any atom is 0.317 e. The number of para-hydroxylation sites is 1. The van der Waals surface area contributed by atoms with Crippen LogP contribution in [-0.2, 0) is 19.1 Å². The van der Waals surface area contributed by atoms with E-state index in [1.54, 1.807) is 38.1 Å². The highest BCUT2D eigenvalue weighted by atomic mass is 16.5. The van der Waals surface area contributed by atoms with E-state index in [1.165, 1.54) is 12.7 Å². The maximum absolute atomic E-state index is 10.6. The van der Waals surface area contributed by atoms with Gasteiger partial charge in [-0.25, -0.2) is 4.98 Å². The number of ether oxygens (including phenoxy) is 2. The number of aromatic nitrogens is 3. The molecule has 2 aromatic rings. The first-order chi connectivity index (χ1) is 16.6. The van der Waals surface area contributed by atoms with Gasteiger partial charge in [-0.15, -0.1) is 0 Å². The van der Waals surface area contributed by atoms with Gasteiger partial charge in [0.05, 0.1) is 13.2 Å². The van der Waals surface area contributed by atoms with Gasteiger partial charge in [0, 0.05) is 12.1 Å². The minimum absolute atomic E-state index is 0.290. The Kier molecular flexibility index (Phi) is 30.4. The zero-order valence-electron chi connectivity index (χ0n) is 22.7. The second-order valence-electron chi connectivity index (χ2n) is 7.21. The molecule has 0 spiro atoms. The van der Waals surface area contributed by atoms with Crippen molar-refractivity contribution in [1.29, 1.82) is 0 Å². The van der Waals surface area contributed by atoms with Gasteiger partial charge in [-0.3, -0.25) is 14.7 Å². The van der Waals surface area contributed by atoms with Crippen LogP contribution in [0.4, 0.5) is 0 Å². The topological polar surface area (TPSA) is 138 Å². The molecule has 202 valence electrons. The van der Waals surface area contributed by atoms with Crippen molar-refractivity contribution < 1.29 is 24.2 Å². The molecule has 4 N–H and O–H groups in total. The van der Waals surface area contributed by atoms with Gasteiger partial charge in [0.25, 0.3) is 0 Å². The molecule has 1 aromatic heterocycles. The highest BCUT2D eigenvalue weighted by molar-refractivity contribution is 5.91. The zero-order valence-corrected chi connectivity index (χ0v) is 22.7. The van der Waals surface area contributed by atoms with Gasteiger partial charge in [-0.05, 0) is 39.1 Å². The Balaban J connectivity index is -0.000000378. The zero-order chi connectivity index (χ0) is 27.3. The van der Waals surface area contributed by atoms with Crippen LogP contribution in [0.15, 0.2) is 43.0 Å². The van der Waals surface area contributed by atoms with Crippen LogP contribution < -0.4 is 10.6 Å². The number of nitrogens with one attached hydrogen (secondary N) is 3. The second-order valence-corrected chi connectivity index (χ2v) is 7.21. The number of esters is 2. The predicted molar refractivity (Wildman–Crippen MR) is 140 cm³/mol. The van der Waals surface area contributed by atoms with E-state index in [1.807, 2.05) is 6.07 Å². The number of phenolic OH excluding ortho intramolecular Hbond substituents is 1. The van der Waals surface area contributed by atoms with E-state index in [2.05, 4.69) is 76.8 Å². The van der Waals surface area contributed by atoms with Crippen molar-refractivity contribution in [1.82, 2.24) is 25.8 Å². The van der Waals surface area contributed by atoms with Crippen LogP contribution in [0.5, 0.6) is 5.75 Å². The van der Waals surface area contributed by atoms with E-state index >= 15 is 0 Å². The average molecular weight is 498 g/mol. The number of hydrogen-bond donors (Lipinski definition) is 4. The summed E-state index contributed by atoms with van der Waals surface area (Å²) in [7, 11) is 0. The standard InChI is InChI=1S/C7H12O4.C6H15N.C6H6O.C4H11N.C2H3N3/c1-3-10-6(8)5-7(9)11-4-2;1-5(2)7-6(3)4;7-6-4-2-1-3-5-6;1-3-5-4-2;1-3-2-5-4-1/h3-5H2,1-2H3;5-7H,1-4H3;1-5,7H;5H,3-4H2,1-2H3;1-2H,(H,3,4,5). The summed E-state index contributed by atoms with van der Waals surface area (Å²) in [4.78, 5) is 24.8. The second kappa shape index (κ2) is 29.1. The first kappa shape index (κ1) is 36.6. The third-order valence-electron chi connectivity index (χ3n) is 3.15. The third-order valence-corrected chi connectivity index (χ3v) is 3.15. The molecule has 0 aliphatic heterocycles. The van der Waals surface area contributed by atoms with E-state index in [-0.39, 0.29) is 19.6 Å². The molecule has 0 amide bonds. The summed E-state index contributed by atoms with van der Waals surface area (Å²) in [6.07, 6.45) is 2.67. The number of nitrogens with zero attached hydrogens (tertiary/aromatic N) is 2. The summed E-state index contributed by atoms with van der Waals surface area (Å²) in [5.41, 5.74) is 0. The Morgan fingerprint density at radius 2 is 1.40 bits per heavy atom. The highest BCUT2D eigenvalue weighted by Gasteiger charge is 2.09. The van der Waals surface area contributed by atoms with Crippen LogP contribution in [0.2, 0.25) is 0 Å². The molecule has 0 radical (unpaired) electrons. The Bertz CT molecular complexity index is 627. The maximum atomic E-state index is 10.6. The number of rotatable bonds is 8. The first-order valence-electron chi connectivity index (χ1n) is 11.9. The number of aromatic hydroxyl groups is 1. The van der Waals surface area contributed by atoms with Crippen LogP contribution in [0.3, 0.4) is 0 Å².